The summed E-state index contributed by atoms with van der Waals surface area (Å²) >= 11 is 0. The predicted molar refractivity (Wildman–Crippen MR) is 97.3 cm³/mol. The third kappa shape index (κ3) is 18.1. The maximum absolute atomic E-state index is 10.8. The quantitative estimate of drug-likeness (QED) is 0.270. The summed E-state index contributed by atoms with van der Waals surface area (Å²) in [6.07, 6.45) is 25.1. The van der Waals surface area contributed by atoms with E-state index in [2.05, 4.69) is 47.5 Å². The minimum Gasteiger partial charge on any atom is -0.481 e. The van der Waals surface area contributed by atoms with Gasteiger partial charge in [0.25, 0.3) is 1.43 Å². The number of carbonyl (C=O) groups is 1. The van der Waals surface area contributed by atoms with E-state index >= 15 is 0 Å². The van der Waals surface area contributed by atoms with Crippen LogP contribution in [0.5, 0.6) is 0 Å². The standard InChI is InChI=1S/C20H30O3/c1-2-3-4-5-6-7-8-10-13-16-19(21)17-14-11-9-12-15-18-20(22)23/h3-4,6-7,9-11,13-14,17,19,21H,2,5,8,12,15-16,18H2,1H3,(H,22,23)/b4-3-,7-6-,11-9-,13-10-,17-14+/i21D/hD. The van der Waals surface area contributed by atoms with Gasteiger partial charge >= 0.3 is 5.97 Å². The number of unbranched alkanes of at least 4 members (excludes halogenated alkanes) is 1. The SMILES string of the molecule is [2H]OC(=O)CCC/C=C\C=C\C(C/C=C\C/C=C\C/C=C\CC)O[2H]. The molecule has 1 unspecified atom stereocenters. The molecule has 128 valence electrons. The molecule has 0 aliphatic rings. The van der Waals surface area contributed by atoms with E-state index in [4.69, 9.17) is 2.86 Å². The summed E-state index contributed by atoms with van der Waals surface area (Å²) in [6.45, 7) is 2.12. The summed E-state index contributed by atoms with van der Waals surface area (Å²) in [5.74, 6) is -0.509. The zero-order chi connectivity index (χ0) is 18.6. The number of carboxylic acids is 1. The second-order valence-electron chi connectivity index (χ2n) is 5.15. The molecule has 0 bridgehead atoms. The van der Waals surface area contributed by atoms with Crippen LogP contribution < -0.4 is 0 Å². The molecule has 3 nitrogen and oxygen atoms in total. The van der Waals surface area contributed by atoms with Crippen molar-refractivity contribution in [2.24, 2.45) is 0 Å². The minimum absolute atomic E-state index is 0.254. The Balaban J connectivity index is 3.87. The van der Waals surface area contributed by atoms with Gasteiger partial charge in [0.15, 0.2) is 0 Å². The van der Waals surface area contributed by atoms with Gasteiger partial charge in [-0.2, -0.15) is 0 Å². The van der Waals surface area contributed by atoms with Crippen LogP contribution in [-0.4, -0.2) is 23.7 Å². The maximum atomic E-state index is 10.8. The topological polar surface area (TPSA) is 57.5 Å². The monoisotopic (exact) mass is 320 g/mol. The first-order valence-electron chi connectivity index (χ1n) is 9.12. The Morgan fingerprint density at radius 1 is 1.04 bits per heavy atom. The van der Waals surface area contributed by atoms with Crippen molar-refractivity contribution in [1.29, 1.82) is 2.86 Å². The Labute approximate surface area is 143 Å². The van der Waals surface area contributed by atoms with Crippen LogP contribution in [0.25, 0.3) is 1.43 Å². The van der Waals surface area contributed by atoms with Crippen molar-refractivity contribution in [3.8, 4) is 0 Å². The number of allylic oxidation sites excluding steroid dienone is 8. The minimum atomic E-state index is -0.509. The first-order chi connectivity index (χ1) is 12.2. The zero-order valence-corrected chi connectivity index (χ0v) is 14.0. The van der Waals surface area contributed by atoms with Gasteiger partial charge in [0.2, 0.25) is 1.43 Å². The Hall–Kier alpha value is -1.87. The van der Waals surface area contributed by atoms with Crippen molar-refractivity contribution in [3.05, 3.63) is 60.8 Å². The third-order valence-electron chi connectivity index (χ3n) is 2.97. The largest absolute Gasteiger partial charge is 0.481 e. The molecule has 23 heavy (non-hydrogen) atoms. The lowest BCUT2D eigenvalue weighted by molar-refractivity contribution is -0.137. The summed E-state index contributed by atoms with van der Waals surface area (Å²) in [4.78, 5) is 10.8. The summed E-state index contributed by atoms with van der Waals surface area (Å²) in [7, 11) is 0. The van der Waals surface area contributed by atoms with E-state index in [-0.39, 0.29) is 12.5 Å². The van der Waals surface area contributed by atoms with Crippen LogP contribution >= 0.6 is 0 Å². The van der Waals surface area contributed by atoms with Crippen LogP contribution in [0.1, 0.15) is 51.9 Å². The highest BCUT2D eigenvalue weighted by Crippen LogP contribution is 2.00. The van der Waals surface area contributed by atoms with Gasteiger partial charge in [-0.3, -0.25) is 4.79 Å². The molecule has 1 atom stereocenters. The predicted octanol–water partition coefficient (Wildman–Crippen LogP) is 4.96. The van der Waals surface area contributed by atoms with Gasteiger partial charge in [-0.15, -0.1) is 0 Å². The van der Waals surface area contributed by atoms with E-state index in [1.807, 2.05) is 30.4 Å². The third-order valence-corrected chi connectivity index (χ3v) is 2.97. The molecule has 0 saturated carbocycles. The average molecular weight is 320 g/mol. The summed E-state index contributed by atoms with van der Waals surface area (Å²) in [6, 6.07) is 0. The first kappa shape index (κ1) is 17.5. The molecule has 0 heterocycles. The van der Waals surface area contributed by atoms with Crippen LogP contribution in [-0.2, 0) is 4.79 Å². The molecule has 0 spiro atoms. The van der Waals surface area contributed by atoms with Crippen molar-refractivity contribution < 1.29 is 15.0 Å². The number of hydrogen-bond acceptors (Lipinski definition) is 3. The molecule has 0 aromatic rings. The van der Waals surface area contributed by atoms with E-state index in [1.165, 1.54) is 0 Å². The van der Waals surface area contributed by atoms with Gasteiger partial charge in [-0.25, -0.2) is 0 Å². The fraction of sp³-hybridized carbons (Fsp3) is 0.450. The van der Waals surface area contributed by atoms with E-state index in [1.54, 1.807) is 0 Å². The smallest absolute Gasteiger partial charge is 0.303 e. The van der Waals surface area contributed by atoms with E-state index < -0.39 is 5.97 Å². The fourth-order valence-corrected chi connectivity index (χ4v) is 1.74. The van der Waals surface area contributed by atoms with Gasteiger partial charge in [-0.1, -0.05) is 67.7 Å². The molecule has 0 aromatic heterocycles. The second kappa shape index (κ2) is 16.5. The van der Waals surface area contributed by atoms with E-state index in [9.17, 15) is 4.79 Å². The van der Waals surface area contributed by atoms with Gasteiger partial charge in [0.1, 0.15) is 0 Å². The Morgan fingerprint density at radius 2 is 1.78 bits per heavy atom. The zero-order valence-electron chi connectivity index (χ0n) is 16.0. The lowest BCUT2D eigenvalue weighted by Gasteiger charge is -1.98. The molecule has 3 heteroatoms. The fourth-order valence-electron chi connectivity index (χ4n) is 1.74. The molecule has 2 N–H and O–H groups in total. The Morgan fingerprint density at radius 3 is 2.48 bits per heavy atom. The molecule has 0 fully saturated rings. The molecular weight excluding hydrogens is 288 g/mol. The lowest BCUT2D eigenvalue weighted by atomic mass is 10.2. The molecule has 0 aliphatic heterocycles. The van der Waals surface area contributed by atoms with Crippen LogP contribution in [0.3, 0.4) is 0 Å². The van der Waals surface area contributed by atoms with Crippen molar-refractivity contribution in [1.82, 2.24) is 0 Å². The summed E-state index contributed by atoms with van der Waals surface area (Å²) in [5.41, 5.74) is 0. The molecule has 0 radical (unpaired) electrons. The normalized spacial score (nSPS) is 15.2. The Bertz CT molecular complexity index is 466. The van der Waals surface area contributed by atoms with Crippen molar-refractivity contribution >= 4 is 5.97 Å². The Kier molecular flexibility index (Phi) is 12.5. The highest BCUT2D eigenvalue weighted by atomic mass is 16.4. The number of hydrogen-bond donors (Lipinski definition) is 2. The maximum Gasteiger partial charge on any atom is 0.303 e. The van der Waals surface area contributed by atoms with Crippen molar-refractivity contribution in [2.45, 2.75) is 58.0 Å². The van der Waals surface area contributed by atoms with Crippen LogP contribution in [0, 0.1) is 0 Å². The number of carboxylic acid groups (broad SMARTS) is 1. The van der Waals surface area contributed by atoms with Crippen LogP contribution in [0.4, 0.5) is 0 Å². The molecule has 0 aromatic carbocycles. The second-order valence-corrected chi connectivity index (χ2v) is 5.15. The molecule has 0 amide bonds. The number of aliphatic carboxylic acids is 1. The van der Waals surface area contributed by atoms with Gasteiger partial charge in [0.05, 0.1) is 6.10 Å². The lowest BCUT2D eigenvalue weighted by Crippen LogP contribution is -1.98. The van der Waals surface area contributed by atoms with Crippen LogP contribution in [0.15, 0.2) is 60.8 Å². The number of aliphatic hydroxyl groups is 1. The average Bonchev–Trinajstić information content (AvgIpc) is 2.63. The highest BCUT2D eigenvalue weighted by Gasteiger charge is 1.94. The van der Waals surface area contributed by atoms with Crippen molar-refractivity contribution in [2.75, 3.05) is 0 Å². The number of aliphatic hydroxyl groups excluding tert-OH is 1. The summed E-state index contributed by atoms with van der Waals surface area (Å²) in [5, 5.41) is 8.49. The highest BCUT2D eigenvalue weighted by molar-refractivity contribution is 5.66. The first-order valence-corrected chi connectivity index (χ1v) is 8.30. The molecule has 0 aliphatic carbocycles. The van der Waals surface area contributed by atoms with Crippen molar-refractivity contribution in [3.63, 3.8) is 0 Å². The summed E-state index contributed by atoms with van der Waals surface area (Å²) < 4.78 is 13.5. The van der Waals surface area contributed by atoms with E-state index in [0.717, 1.165) is 25.7 Å². The van der Waals surface area contributed by atoms with Gasteiger partial charge < -0.3 is 10.2 Å². The van der Waals surface area contributed by atoms with Gasteiger partial charge in [-0.05, 0) is 38.5 Å². The molecule has 0 rings (SSSR count). The molecule has 0 saturated heterocycles. The molecular formula is C20H30O3. The van der Waals surface area contributed by atoms with E-state index in [0.29, 0.717) is 12.8 Å². The number of rotatable bonds is 14. The van der Waals surface area contributed by atoms with Gasteiger partial charge in [0, 0.05) is 6.42 Å². The van der Waals surface area contributed by atoms with Crippen LogP contribution in [0.2, 0.25) is 0 Å².